The predicted octanol–water partition coefficient (Wildman–Crippen LogP) is 4.50. The first-order valence-electron chi connectivity index (χ1n) is 9.91. The van der Waals surface area contributed by atoms with Crippen LogP contribution in [0.3, 0.4) is 0 Å². The maximum absolute atomic E-state index is 13.0. The smallest absolute Gasteiger partial charge is 0.229 e. The summed E-state index contributed by atoms with van der Waals surface area (Å²) in [6, 6.07) is 24.7. The summed E-state index contributed by atoms with van der Waals surface area (Å²) in [6.07, 6.45) is 3.56. The lowest BCUT2D eigenvalue weighted by atomic mass is 10.0. The fraction of sp³-hybridized carbons (Fsp3) is 0.115. The molecule has 0 spiro atoms. The number of pyridine rings is 1. The average molecular weight is 395 g/mol. The van der Waals surface area contributed by atoms with E-state index in [9.17, 15) is 9.59 Å². The molecule has 2 heterocycles. The van der Waals surface area contributed by atoms with Crippen LogP contribution in [0.5, 0.6) is 0 Å². The molecule has 0 unspecified atom stereocenters. The third-order valence-corrected chi connectivity index (χ3v) is 5.26. The Morgan fingerprint density at radius 3 is 2.00 bits per heavy atom. The van der Waals surface area contributed by atoms with Crippen molar-refractivity contribution in [3.05, 3.63) is 119 Å². The number of Topliss-reactive ketones (excluding diaryl/α,β-unsaturated/α-hetero) is 1. The molecule has 0 aliphatic carbocycles. The third kappa shape index (κ3) is 3.85. The zero-order chi connectivity index (χ0) is 21.1. The molecular weight excluding hydrogens is 372 g/mol. The van der Waals surface area contributed by atoms with Gasteiger partial charge in [0.15, 0.2) is 18.2 Å². The van der Waals surface area contributed by atoms with Gasteiger partial charge in [-0.15, -0.1) is 0 Å². The van der Waals surface area contributed by atoms with Crippen LogP contribution in [-0.4, -0.2) is 16.1 Å². The highest BCUT2D eigenvalue weighted by molar-refractivity contribution is 6.08. The van der Waals surface area contributed by atoms with Crippen molar-refractivity contribution >= 4 is 11.6 Å². The molecule has 4 aromatic rings. The van der Waals surface area contributed by atoms with Gasteiger partial charge in [0.2, 0.25) is 12.3 Å². The minimum Gasteiger partial charge on any atom is -0.318 e. The molecule has 4 heteroatoms. The Bertz CT molecular complexity index is 1190. The van der Waals surface area contributed by atoms with Crippen LogP contribution in [0.15, 0.2) is 91.3 Å². The third-order valence-electron chi connectivity index (χ3n) is 5.26. The maximum Gasteiger partial charge on any atom is 0.229 e. The molecule has 30 heavy (non-hydrogen) atoms. The highest BCUT2D eigenvalue weighted by Gasteiger charge is 2.20. The van der Waals surface area contributed by atoms with E-state index in [4.69, 9.17) is 0 Å². The van der Waals surface area contributed by atoms with Gasteiger partial charge in [-0.2, -0.15) is 4.57 Å². The van der Waals surface area contributed by atoms with Crippen LogP contribution in [0, 0.1) is 13.8 Å². The van der Waals surface area contributed by atoms with Gasteiger partial charge in [0.1, 0.15) is 0 Å². The number of nitrogens with zero attached hydrogens (tertiary/aromatic N) is 2. The minimum absolute atomic E-state index is 0.0273. The van der Waals surface area contributed by atoms with Gasteiger partial charge >= 0.3 is 0 Å². The summed E-state index contributed by atoms with van der Waals surface area (Å²) in [7, 11) is 0. The van der Waals surface area contributed by atoms with Crippen molar-refractivity contribution < 1.29 is 14.2 Å². The van der Waals surface area contributed by atoms with Gasteiger partial charge in [-0.3, -0.25) is 9.59 Å². The number of para-hydroxylation sites is 1. The zero-order valence-corrected chi connectivity index (χ0v) is 17.1. The Morgan fingerprint density at radius 2 is 1.37 bits per heavy atom. The predicted molar refractivity (Wildman–Crippen MR) is 116 cm³/mol. The topological polar surface area (TPSA) is 42.9 Å². The number of benzene rings is 2. The Labute approximate surface area is 176 Å². The van der Waals surface area contributed by atoms with E-state index in [1.807, 2.05) is 68.4 Å². The second kappa shape index (κ2) is 8.29. The molecule has 0 bridgehead atoms. The number of carbonyl (C=O) groups excluding carboxylic acids is 2. The molecule has 4 rings (SSSR count). The van der Waals surface area contributed by atoms with E-state index in [0.29, 0.717) is 16.7 Å². The monoisotopic (exact) mass is 395 g/mol. The first kappa shape index (κ1) is 19.5. The van der Waals surface area contributed by atoms with Gasteiger partial charge < -0.3 is 4.57 Å². The lowest BCUT2D eigenvalue weighted by Crippen LogP contribution is -2.37. The first-order valence-corrected chi connectivity index (χ1v) is 9.91. The number of rotatable bonds is 6. The molecule has 148 valence electrons. The van der Waals surface area contributed by atoms with Crippen LogP contribution in [0.2, 0.25) is 0 Å². The SMILES string of the molecule is Cc1cc(C(=O)C[n+]2ccc(C(=O)c3ccccc3)cc2)c(C)n1-c1ccccc1. The lowest BCUT2D eigenvalue weighted by Gasteiger charge is -2.09. The highest BCUT2D eigenvalue weighted by Crippen LogP contribution is 2.21. The quantitative estimate of drug-likeness (QED) is 0.356. The van der Waals surface area contributed by atoms with Gasteiger partial charge in [0.05, 0.1) is 0 Å². The van der Waals surface area contributed by atoms with Crippen LogP contribution < -0.4 is 4.57 Å². The average Bonchev–Trinajstić information content (AvgIpc) is 3.09. The number of hydrogen-bond donors (Lipinski definition) is 0. The van der Waals surface area contributed by atoms with E-state index < -0.39 is 0 Å². The molecule has 2 aromatic heterocycles. The molecule has 0 saturated carbocycles. The molecule has 0 fully saturated rings. The van der Waals surface area contributed by atoms with Crippen molar-refractivity contribution in [1.29, 1.82) is 0 Å². The highest BCUT2D eigenvalue weighted by atomic mass is 16.1. The number of ketones is 2. The van der Waals surface area contributed by atoms with Crippen molar-refractivity contribution in [1.82, 2.24) is 4.57 Å². The molecule has 0 radical (unpaired) electrons. The van der Waals surface area contributed by atoms with E-state index in [1.165, 1.54) is 0 Å². The molecule has 0 amide bonds. The molecule has 0 saturated heterocycles. The number of carbonyl (C=O) groups is 2. The van der Waals surface area contributed by atoms with Gasteiger partial charge in [-0.25, -0.2) is 0 Å². The molecule has 4 nitrogen and oxygen atoms in total. The minimum atomic E-state index is -0.0273. The number of hydrogen-bond acceptors (Lipinski definition) is 2. The Morgan fingerprint density at radius 1 is 0.800 bits per heavy atom. The number of aryl methyl sites for hydroxylation is 1. The van der Waals surface area contributed by atoms with E-state index in [-0.39, 0.29) is 18.1 Å². The number of aromatic nitrogens is 2. The van der Waals surface area contributed by atoms with Crippen molar-refractivity contribution in [2.24, 2.45) is 0 Å². The summed E-state index contributed by atoms with van der Waals surface area (Å²) in [4.78, 5) is 25.5. The Balaban J connectivity index is 1.53. The van der Waals surface area contributed by atoms with E-state index >= 15 is 0 Å². The van der Waals surface area contributed by atoms with E-state index in [0.717, 1.165) is 17.1 Å². The molecular formula is C26H23N2O2+. The van der Waals surface area contributed by atoms with Crippen LogP contribution in [0.4, 0.5) is 0 Å². The fourth-order valence-electron chi connectivity index (χ4n) is 3.74. The normalized spacial score (nSPS) is 10.7. The summed E-state index contributed by atoms with van der Waals surface area (Å²) in [6.45, 7) is 4.20. The maximum atomic E-state index is 13.0. The van der Waals surface area contributed by atoms with Crippen LogP contribution >= 0.6 is 0 Å². The van der Waals surface area contributed by atoms with Crippen molar-refractivity contribution in [3.63, 3.8) is 0 Å². The Kier molecular flexibility index (Phi) is 5.40. The summed E-state index contributed by atoms with van der Waals surface area (Å²) in [5, 5.41) is 0. The largest absolute Gasteiger partial charge is 0.318 e. The van der Waals surface area contributed by atoms with Gasteiger partial charge in [-0.1, -0.05) is 48.5 Å². The zero-order valence-electron chi connectivity index (χ0n) is 17.1. The fourth-order valence-corrected chi connectivity index (χ4v) is 3.74. The molecule has 0 atom stereocenters. The van der Waals surface area contributed by atoms with Crippen LogP contribution in [0.1, 0.15) is 37.7 Å². The van der Waals surface area contributed by atoms with Gasteiger partial charge in [-0.05, 0) is 32.0 Å². The summed E-state index contributed by atoms with van der Waals surface area (Å²) < 4.78 is 3.90. The molecule has 2 aromatic carbocycles. The molecule has 0 aliphatic rings. The summed E-state index contributed by atoms with van der Waals surface area (Å²) in [5.41, 5.74) is 4.97. The van der Waals surface area contributed by atoms with Crippen molar-refractivity contribution in [3.8, 4) is 5.69 Å². The van der Waals surface area contributed by atoms with Crippen LogP contribution in [-0.2, 0) is 6.54 Å². The van der Waals surface area contributed by atoms with Gasteiger partial charge in [0.25, 0.3) is 0 Å². The molecule has 0 aliphatic heterocycles. The van der Waals surface area contributed by atoms with Crippen molar-refractivity contribution in [2.45, 2.75) is 20.4 Å². The molecule has 0 N–H and O–H groups in total. The summed E-state index contributed by atoms with van der Waals surface area (Å²) in [5.74, 6) is 0.0119. The van der Waals surface area contributed by atoms with Crippen molar-refractivity contribution in [2.75, 3.05) is 0 Å². The standard InChI is InChI=1S/C26H23N2O2/c1-19-17-24(20(2)28(19)23-11-7-4-8-12-23)25(29)18-27-15-13-22(14-16-27)26(30)21-9-5-3-6-10-21/h3-17H,18H2,1-2H3/q+1. The Hall–Kier alpha value is -3.79. The second-order valence-electron chi connectivity index (χ2n) is 7.33. The second-order valence-corrected chi connectivity index (χ2v) is 7.33. The first-order chi connectivity index (χ1) is 14.5. The van der Waals surface area contributed by atoms with Gasteiger partial charge in [0, 0.05) is 45.9 Å². The lowest BCUT2D eigenvalue weighted by molar-refractivity contribution is -0.683. The van der Waals surface area contributed by atoms with E-state index in [1.54, 1.807) is 41.2 Å². The van der Waals surface area contributed by atoms with Crippen LogP contribution in [0.25, 0.3) is 5.69 Å². The van der Waals surface area contributed by atoms with E-state index in [2.05, 4.69) is 4.57 Å². The summed E-state index contributed by atoms with van der Waals surface area (Å²) >= 11 is 0.